The van der Waals surface area contributed by atoms with Gasteiger partial charge in [-0.3, -0.25) is 14.4 Å². The van der Waals surface area contributed by atoms with Crippen molar-refractivity contribution in [3.8, 4) is 0 Å². The normalized spacial score (nSPS) is 16.2. The Hall–Kier alpha value is -3.15. The minimum atomic E-state index is -1.56. The SMILES string of the molecule is O=C(O)CCN1C(=O)C(c2ccc(Cl)cc2)N(C(C(=O)O)c2ccc(Cl)cc2)C(=O)c2cc(I)ccc21. The van der Waals surface area contributed by atoms with Crippen LogP contribution in [0.25, 0.3) is 0 Å². The molecular formula is C26H19Cl2IN2O6. The highest BCUT2D eigenvalue weighted by atomic mass is 127. The van der Waals surface area contributed by atoms with Gasteiger partial charge in [-0.05, 0) is 76.2 Å². The van der Waals surface area contributed by atoms with Crippen molar-refractivity contribution in [1.82, 2.24) is 4.90 Å². The van der Waals surface area contributed by atoms with Crippen molar-refractivity contribution in [2.24, 2.45) is 0 Å². The highest BCUT2D eigenvalue weighted by molar-refractivity contribution is 14.1. The Morgan fingerprint density at radius 2 is 1.51 bits per heavy atom. The number of amides is 2. The zero-order chi connectivity index (χ0) is 26.9. The summed E-state index contributed by atoms with van der Waals surface area (Å²) in [6.45, 7) is -0.217. The molecule has 1 aliphatic heterocycles. The maximum absolute atomic E-state index is 14.2. The number of benzene rings is 3. The van der Waals surface area contributed by atoms with Crippen molar-refractivity contribution in [3.63, 3.8) is 0 Å². The number of anilines is 1. The first-order valence-electron chi connectivity index (χ1n) is 11.0. The van der Waals surface area contributed by atoms with E-state index in [0.717, 1.165) is 4.90 Å². The highest BCUT2D eigenvalue weighted by Crippen LogP contribution is 2.40. The van der Waals surface area contributed by atoms with Crippen LogP contribution in [0.3, 0.4) is 0 Å². The summed E-state index contributed by atoms with van der Waals surface area (Å²) in [7, 11) is 0. The summed E-state index contributed by atoms with van der Waals surface area (Å²) >= 11 is 14.1. The molecule has 3 aromatic carbocycles. The number of halogens is 3. The topological polar surface area (TPSA) is 115 Å². The van der Waals surface area contributed by atoms with Crippen molar-refractivity contribution in [2.45, 2.75) is 18.5 Å². The summed E-state index contributed by atoms with van der Waals surface area (Å²) in [6, 6.07) is 14.0. The molecule has 37 heavy (non-hydrogen) atoms. The molecule has 190 valence electrons. The number of carboxylic acid groups (broad SMARTS) is 2. The number of hydrogen-bond donors (Lipinski definition) is 2. The molecule has 2 unspecified atom stereocenters. The molecule has 2 atom stereocenters. The molecule has 0 aromatic heterocycles. The quantitative estimate of drug-likeness (QED) is 0.329. The average molecular weight is 653 g/mol. The van der Waals surface area contributed by atoms with Crippen LogP contribution in [0.2, 0.25) is 10.0 Å². The lowest BCUT2D eigenvalue weighted by molar-refractivity contribution is -0.144. The standard InChI is InChI=1S/C26H19Cl2IN2O6/c27-16-5-1-14(2-6-16)22-25(35)30(12-11-21(32)33)20-10-9-18(29)13-19(20)24(34)31(22)23(26(36)37)15-3-7-17(28)8-4-15/h1-10,13,22-23H,11-12H2,(H,32,33)(H,36,37). The van der Waals surface area contributed by atoms with Crippen molar-refractivity contribution < 1.29 is 29.4 Å². The number of carboxylic acids is 2. The van der Waals surface area contributed by atoms with Crippen molar-refractivity contribution >= 4 is 75.2 Å². The Bertz CT molecular complexity index is 1380. The van der Waals surface area contributed by atoms with Gasteiger partial charge in [0, 0.05) is 20.2 Å². The molecule has 4 rings (SSSR count). The predicted molar refractivity (Wildman–Crippen MR) is 146 cm³/mol. The number of carbonyl (C=O) groups is 4. The summed E-state index contributed by atoms with van der Waals surface area (Å²) in [4.78, 5) is 54.7. The van der Waals surface area contributed by atoms with Gasteiger partial charge in [-0.25, -0.2) is 4.79 Å². The Balaban J connectivity index is 2.00. The van der Waals surface area contributed by atoms with Crippen molar-refractivity contribution in [3.05, 3.63) is 97.0 Å². The molecule has 2 amide bonds. The lowest BCUT2D eigenvalue weighted by atomic mass is 9.97. The number of aliphatic carboxylic acids is 2. The van der Waals surface area contributed by atoms with E-state index in [0.29, 0.717) is 19.2 Å². The first-order valence-corrected chi connectivity index (χ1v) is 12.8. The molecule has 0 saturated carbocycles. The third kappa shape index (κ3) is 5.58. The zero-order valence-corrected chi connectivity index (χ0v) is 22.6. The first-order chi connectivity index (χ1) is 17.6. The van der Waals surface area contributed by atoms with Crippen LogP contribution in [-0.2, 0) is 14.4 Å². The Labute approximate surface area is 235 Å². The van der Waals surface area contributed by atoms with Crippen LogP contribution in [0, 0.1) is 3.57 Å². The average Bonchev–Trinajstić information content (AvgIpc) is 2.93. The third-order valence-corrected chi connectivity index (χ3v) is 7.10. The minimum Gasteiger partial charge on any atom is -0.481 e. The number of hydrogen-bond acceptors (Lipinski definition) is 4. The molecule has 0 aliphatic carbocycles. The van der Waals surface area contributed by atoms with Gasteiger partial charge in [0.25, 0.3) is 11.8 Å². The van der Waals surface area contributed by atoms with Crippen LogP contribution in [0.15, 0.2) is 66.7 Å². The van der Waals surface area contributed by atoms with E-state index in [2.05, 4.69) is 0 Å². The van der Waals surface area contributed by atoms with Crippen LogP contribution in [0.5, 0.6) is 0 Å². The van der Waals surface area contributed by atoms with E-state index in [1.165, 1.54) is 41.3 Å². The predicted octanol–water partition coefficient (Wildman–Crippen LogP) is 5.43. The summed E-state index contributed by atoms with van der Waals surface area (Å²) in [5.74, 6) is -3.81. The van der Waals surface area contributed by atoms with E-state index in [1.54, 1.807) is 30.3 Å². The minimum absolute atomic E-state index is 0.0855. The highest BCUT2D eigenvalue weighted by Gasteiger charge is 2.46. The van der Waals surface area contributed by atoms with Crippen molar-refractivity contribution in [2.75, 3.05) is 11.4 Å². The van der Waals surface area contributed by atoms with Gasteiger partial charge in [0.05, 0.1) is 17.7 Å². The Morgan fingerprint density at radius 1 is 0.919 bits per heavy atom. The van der Waals surface area contributed by atoms with Gasteiger partial charge in [0.15, 0.2) is 6.04 Å². The maximum Gasteiger partial charge on any atom is 0.331 e. The molecule has 0 bridgehead atoms. The van der Waals surface area contributed by atoms with Gasteiger partial charge in [0.1, 0.15) is 6.04 Å². The number of carbonyl (C=O) groups excluding carboxylic acids is 2. The molecule has 1 heterocycles. The van der Waals surface area contributed by atoms with Gasteiger partial charge >= 0.3 is 11.9 Å². The Kier molecular flexibility index (Phi) is 8.05. The van der Waals surface area contributed by atoms with Crippen LogP contribution in [0.1, 0.15) is 40.0 Å². The summed E-state index contributed by atoms with van der Waals surface area (Å²) in [6.07, 6.45) is -0.377. The van der Waals surface area contributed by atoms with Crippen molar-refractivity contribution in [1.29, 1.82) is 0 Å². The second-order valence-corrected chi connectivity index (χ2v) is 10.4. The summed E-state index contributed by atoms with van der Waals surface area (Å²) in [5, 5.41) is 20.4. The van der Waals surface area contributed by atoms with Crippen LogP contribution < -0.4 is 4.90 Å². The van der Waals surface area contributed by atoms with Gasteiger partial charge in [-0.2, -0.15) is 0 Å². The fourth-order valence-corrected chi connectivity index (χ4v) is 5.02. The van der Waals surface area contributed by atoms with E-state index in [4.69, 9.17) is 23.2 Å². The van der Waals surface area contributed by atoms with E-state index < -0.39 is 35.8 Å². The van der Waals surface area contributed by atoms with Gasteiger partial charge < -0.3 is 20.0 Å². The molecule has 1 aliphatic rings. The molecule has 0 radical (unpaired) electrons. The molecule has 3 aromatic rings. The van der Waals surface area contributed by atoms with Crippen LogP contribution in [0.4, 0.5) is 5.69 Å². The lowest BCUT2D eigenvalue weighted by Gasteiger charge is -2.35. The molecule has 0 fully saturated rings. The number of rotatable bonds is 7. The molecule has 8 nitrogen and oxygen atoms in total. The summed E-state index contributed by atoms with van der Waals surface area (Å²) < 4.78 is 0.679. The summed E-state index contributed by atoms with van der Waals surface area (Å²) in [5.41, 5.74) is 0.856. The third-order valence-electron chi connectivity index (χ3n) is 5.93. The van der Waals surface area contributed by atoms with Crippen LogP contribution in [-0.4, -0.2) is 45.4 Å². The van der Waals surface area contributed by atoms with E-state index >= 15 is 0 Å². The van der Waals surface area contributed by atoms with E-state index in [1.807, 2.05) is 22.6 Å². The fourth-order valence-electron chi connectivity index (χ4n) is 4.28. The lowest BCUT2D eigenvalue weighted by Crippen LogP contribution is -2.46. The molecule has 2 N–H and O–H groups in total. The second kappa shape index (κ2) is 11.1. The molecular weight excluding hydrogens is 634 g/mol. The largest absolute Gasteiger partial charge is 0.481 e. The monoisotopic (exact) mass is 652 g/mol. The van der Waals surface area contributed by atoms with Gasteiger partial charge in [0.2, 0.25) is 0 Å². The van der Waals surface area contributed by atoms with E-state index in [-0.39, 0.29) is 29.8 Å². The first kappa shape index (κ1) is 26.9. The molecule has 0 spiro atoms. The fraction of sp³-hybridized carbons (Fsp3) is 0.154. The van der Waals surface area contributed by atoms with Crippen LogP contribution >= 0.6 is 45.8 Å². The number of fused-ring (bicyclic) bond motifs is 1. The maximum atomic E-state index is 14.2. The smallest absolute Gasteiger partial charge is 0.331 e. The van der Waals surface area contributed by atoms with Gasteiger partial charge in [-0.15, -0.1) is 0 Å². The zero-order valence-electron chi connectivity index (χ0n) is 19.0. The molecule has 11 heteroatoms. The molecule has 0 saturated heterocycles. The van der Waals surface area contributed by atoms with E-state index in [9.17, 15) is 29.4 Å². The van der Waals surface area contributed by atoms with Gasteiger partial charge in [-0.1, -0.05) is 47.5 Å². The Morgan fingerprint density at radius 3 is 2.08 bits per heavy atom. The number of nitrogens with zero attached hydrogens (tertiary/aromatic N) is 2. The second-order valence-electron chi connectivity index (χ2n) is 8.25.